The number of amides is 1. The minimum atomic E-state index is -4.09. The highest BCUT2D eigenvalue weighted by molar-refractivity contribution is 8.09. The zero-order valence-corrected chi connectivity index (χ0v) is 17.8. The quantitative estimate of drug-likeness (QED) is 0.475. The average molecular weight is 460 g/mol. The number of nitrogens with one attached hydrogen (secondary N) is 1. The van der Waals surface area contributed by atoms with Crippen molar-refractivity contribution in [2.24, 2.45) is 5.10 Å². The number of phenolic OH excluding ortho intramolecular Hbond substituents is 1. The molecule has 2 rings (SSSR count). The summed E-state index contributed by atoms with van der Waals surface area (Å²) >= 11 is 6.09. The van der Waals surface area contributed by atoms with Crippen LogP contribution in [0.1, 0.15) is 11.1 Å². The molecule has 156 valence electrons. The van der Waals surface area contributed by atoms with Crippen molar-refractivity contribution in [1.82, 2.24) is 5.43 Å². The van der Waals surface area contributed by atoms with Crippen LogP contribution < -0.4 is 9.14 Å². The van der Waals surface area contributed by atoms with E-state index in [9.17, 15) is 26.7 Å². The molecule has 0 atom stereocenters. The fraction of sp³-hybridized carbons (Fsp3) is 0.176. The molecule has 1 amide bonds. The number of anilines is 1. The van der Waals surface area contributed by atoms with E-state index in [4.69, 9.17) is 11.6 Å². The van der Waals surface area contributed by atoms with Crippen LogP contribution in [0.25, 0.3) is 0 Å². The van der Waals surface area contributed by atoms with Crippen molar-refractivity contribution >= 4 is 49.5 Å². The number of carbonyl (C=O) groups excluding carboxylic acids is 1. The highest BCUT2D eigenvalue weighted by Gasteiger charge is 2.27. The molecule has 2 N–H and O–H groups in total. The van der Waals surface area contributed by atoms with Crippen LogP contribution in [-0.4, -0.2) is 46.6 Å². The topological polar surface area (TPSA) is 133 Å². The molecule has 0 bridgehead atoms. The summed E-state index contributed by atoms with van der Waals surface area (Å²) < 4.78 is 47.5. The molecule has 0 unspecified atom stereocenters. The lowest BCUT2D eigenvalue weighted by atomic mass is 10.1. The number of aromatic hydroxyl groups is 1. The minimum absolute atomic E-state index is 0.00388. The highest BCUT2D eigenvalue weighted by Crippen LogP contribution is 2.26. The van der Waals surface area contributed by atoms with Gasteiger partial charge >= 0.3 is 0 Å². The summed E-state index contributed by atoms with van der Waals surface area (Å²) in [5, 5.41) is 13.2. The molecule has 0 aliphatic heterocycles. The second kappa shape index (κ2) is 8.80. The van der Waals surface area contributed by atoms with E-state index in [1.54, 1.807) is 12.1 Å². The number of nitrogens with zero attached hydrogens (tertiary/aromatic N) is 2. The van der Waals surface area contributed by atoms with Crippen molar-refractivity contribution in [3.63, 3.8) is 0 Å². The Balaban J connectivity index is 2.13. The lowest BCUT2D eigenvalue weighted by Gasteiger charge is -2.20. The van der Waals surface area contributed by atoms with Crippen LogP contribution in [0.15, 0.2) is 47.6 Å². The summed E-state index contributed by atoms with van der Waals surface area (Å²) in [5.41, 5.74) is 3.08. The molecule has 29 heavy (non-hydrogen) atoms. The van der Waals surface area contributed by atoms with Crippen LogP contribution in [0.5, 0.6) is 5.75 Å². The molecule has 0 aromatic heterocycles. The van der Waals surface area contributed by atoms with E-state index in [2.05, 4.69) is 10.5 Å². The number of benzene rings is 2. The predicted molar refractivity (Wildman–Crippen MR) is 111 cm³/mol. The Kier molecular flexibility index (Phi) is 6.88. The molecule has 0 saturated carbocycles. The number of hydrazone groups is 1. The van der Waals surface area contributed by atoms with Crippen LogP contribution in [0.2, 0.25) is 5.02 Å². The van der Waals surface area contributed by atoms with Crippen molar-refractivity contribution in [3.05, 3.63) is 58.6 Å². The Hall–Kier alpha value is -2.63. The first kappa shape index (κ1) is 22.7. The third-order valence-corrected chi connectivity index (χ3v) is 7.04. The maximum absolute atomic E-state index is 11.9. The lowest BCUT2D eigenvalue weighted by molar-refractivity contribution is -0.120. The van der Waals surface area contributed by atoms with E-state index in [1.165, 1.54) is 36.5 Å². The molecule has 2 aromatic rings. The maximum Gasteiger partial charge on any atom is 0.245 e. The Bertz CT molecular complexity index is 1130. The van der Waals surface area contributed by atoms with E-state index in [1.807, 2.05) is 0 Å². The Morgan fingerprint density at radius 3 is 2.34 bits per heavy atom. The van der Waals surface area contributed by atoms with Crippen LogP contribution in [0.4, 0.5) is 5.69 Å². The lowest BCUT2D eigenvalue weighted by Crippen LogP contribution is -2.35. The molecule has 0 radical (unpaired) electrons. The Morgan fingerprint density at radius 2 is 1.79 bits per heavy atom. The van der Waals surface area contributed by atoms with Crippen molar-refractivity contribution in [3.8, 4) is 5.75 Å². The molecule has 0 aliphatic carbocycles. The first-order valence-electron chi connectivity index (χ1n) is 7.98. The number of hydrogen-bond acceptors (Lipinski definition) is 7. The summed E-state index contributed by atoms with van der Waals surface area (Å²) in [6.45, 7) is 0. The number of rotatable bonds is 7. The summed E-state index contributed by atoms with van der Waals surface area (Å²) in [6.07, 6.45) is 2.76. The van der Waals surface area contributed by atoms with Gasteiger partial charge in [0.15, 0.2) is 0 Å². The minimum Gasteiger partial charge on any atom is -0.508 e. The number of carbonyl (C=O) groups is 1. The maximum atomic E-state index is 11.9. The van der Waals surface area contributed by atoms with Crippen LogP contribution in [0.3, 0.4) is 0 Å². The number of hydrogen-bond donors (Lipinski definition) is 2. The van der Waals surface area contributed by atoms with Gasteiger partial charge in [0, 0.05) is 5.56 Å². The summed E-state index contributed by atoms with van der Waals surface area (Å²) in [6, 6.07) is 10.0. The third kappa shape index (κ3) is 6.44. The predicted octanol–water partition coefficient (Wildman–Crippen LogP) is 1.46. The molecule has 0 heterocycles. The molecule has 0 fully saturated rings. The van der Waals surface area contributed by atoms with Gasteiger partial charge in [0.1, 0.15) is 5.75 Å². The van der Waals surface area contributed by atoms with Gasteiger partial charge in [-0.05, 0) is 35.9 Å². The second-order valence-corrected chi connectivity index (χ2v) is 10.4. The normalized spacial score (nSPS) is 12.1. The van der Waals surface area contributed by atoms with Gasteiger partial charge in [-0.25, -0.2) is 22.3 Å². The van der Waals surface area contributed by atoms with Crippen LogP contribution in [0, 0.1) is 0 Å². The number of sulfonamides is 2. The van der Waals surface area contributed by atoms with E-state index < -0.39 is 26.0 Å². The fourth-order valence-corrected chi connectivity index (χ4v) is 5.61. The largest absolute Gasteiger partial charge is 0.508 e. The van der Waals surface area contributed by atoms with E-state index in [0.717, 1.165) is 12.5 Å². The van der Waals surface area contributed by atoms with Gasteiger partial charge in [-0.3, -0.25) is 4.79 Å². The number of phenols is 1. The third-order valence-electron chi connectivity index (χ3n) is 3.47. The first-order chi connectivity index (χ1) is 13.4. The van der Waals surface area contributed by atoms with Crippen molar-refractivity contribution < 1.29 is 26.7 Å². The average Bonchev–Trinajstić information content (AvgIpc) is 2.54. The van der Waals surface area contributed by atoms with Gasteiger partial charge in [-0.15, -0.1) is 0 Å². The molecule has 0 aliphatic rings. The molecule has 2 aromatic carbocycles. The summed E-state index contributed by atoms with van der Waals surface area (Å²) in [4.78, 5) is 11.9. The summed E-state index contributed by atoms with van der Waals surface area (Å²) in [5.74, 6) is -0.386. The summed E-state index contributed by atoms with van der Waals surface area (Å²) in [7, 11) is -8.18. The smallest absolute Gasteiger partial charge is 0.245 e. The zero-order chi connectivity index (χ0) is 21.8. The van der Waals surface area contributed by atoms with Gasteiger partial charge in [0.05, 0.1) is 35.9 Å². The molecular weight excluding hydrogens is 442 g/mol. The molecule has 9 nitrogen and oxygen atoms in total. The highest BCUT2D eigenvalue weighted by atomic mass is 35.5. The fourth-order valence-electron chi connectivity index (χ4n) is 2.43. The van der Waals surface area contributed by atoms with Gasteiger partial charge < -0.3 is 5.11 Å². The monoisotopic (exact) mass is 459 g/mol. The van der Waals surface area contributed by atoms with Crippen LogP contribution >= 0.6 is 11.6 Å². The van der Waals surface area contributed by atoms with Gasteiger partial charge in [-0.2, -0.15) is 8.81 Å². The van der Waals surface area contributed by atoms with Gasteiger partial charge in [-0.1, -0.05) is 23.7 Å². The van der Waals surface area contributed by atoms with Gasteiger partial charge in [0.25, 0.3) is 0 Å². The van der Waals surface area contributed by atoms with E-state index in [0.29, 0.717) is 11.1 Å². The molecule has 12 heteroatoms. The van der Waals surface area contributed by atoms with Crippen molar-refractivity contribution in [2.45, 2.75) is 6.42 Å². The van der Waals surface area contributed by atoms with E-state index >= 15 is 0 Å². The Labute approximate surface area is 173 Å². The molecular formula is C17H18ClN3O6S2. The molecule has 0 saturated heterocycles. The first-order valence-corrected chi connectivity index (χ1v) is 12.1. The van der Waals surface area contributed by atoms with Crippen LogP contribution in [-0.2, 0) is 31.3 Å². The SMILES string of the molecule is CS(=O)(=O)N(c1ccc(C=NNC(=O)Cc2cccc(O)c2)c(Cl)c1)S(C)(=O)=O. The van der Waals surface area contributed by atoms with Crippen molar-refractivity contribution in [1.29, 1.82) is 0 Å². The standard InChI is InChI=1S/C17H18ClN3O6S2/c1-28(24,25)21(29(2,26)27)14-7-6-13(16(18)10-14)11-19-20-17(23)9-12-4-3-5-15(22)8-12/h3-8,10-11,22H,9H2,1-2H3,(H,20,23). The number of halogens is 1. The van der Waals surface area contributed by atoms with E-state index in [-0.39, 0.29) is 26.6 Å². The molecule has 0 spiro atoms. The second-order valence-electron chi connectivity index (χ2n) is 6.07. The zero-order valence-electron chi connectivity index (χ0n) is 15.4. The van der Waals surface area contributed by atoms with Gasteiger partial charge in [0.2, 0.25) is 26.0 Å². The Morgan fingerprint density at radius 1 is 1.14 bits per heavy atom. The van der Waals surface area contributed by atoms with Crippen molar-refractivity contribution in [2.75, 3.05) is 16.2 Å².